The molecule has 4 aliphatic rings. The zero-order valence-electron chi connectivity index (χ0n) is 24.6. The first-order valence-corrected chi connectivity index (χ1v) is 14.3. The SMILES string of the molecule is CC1CN(C(=O)OC(C)(C)C)CCC1N1CCCC2(CC2)C1.C[C@@H]1CN(C(=O)OC(C)(C)C)CCC1=O. The van der Waals surface area contributed by atoms with Crippen LogP contribution in [-0.2, 0) is 14.3 Å². The molecule has 0 radical (unpaired) electrons. The average molecular weight is 522 g/mol. The molecule has 1 spiro atoms. The maximum absolute atomic E-state index is 12.2. The molecule has 3 saturated heterocycles. The van der Waals surface area contributed by atoms with E-state index in [0.717, 1.165) is 19.5 Å². The molecule has 3 aliphatic heterocycles. The summed E-state index contributed by atoms with van der Waals surface area (Å²) in [7, 11) is 0. The molecule has 212 valence electrons. The summed E-state index contributed by atoms with van der Waals surface area (Å²) in [6.45, 7) is 20.7. The molecule has 0 bridgehead atoms. The highest BCUT2D eigenvalue weighted by molar-refractivity contribution is 5.83. The van der Waals surface area contributed by atoms with Crippen molar-refractivity contribution in [1.29, 1.82) is 0 Å². The first kappa shape index (κ1) is 29.7. The van der Waals surface area contributed by atoms with Crippen LogP contribution in [0.1, 0.15) is 93.9 Å². The summed E-state index contributed by atoms with van der Waals surface area (Å²) in [5.74, 6) is 0.705. The lowest BCUT2D eigenvalue weighted by Gasteiger charge is -2.46. The minimum absolute atomic E-state index is 0.0636. The quantitative estimate of drug-likeness (QED) is 0.463. The Kier molecular flexibility index (Phi) is 9.24. The Labute approximate surface area is 224 Å². The molecule has 8 heteroatoms. The monoisotopic (exact) mass is 521 g/mol. The number of Topliss-reactive ketones (excluding diaryl/α,β-unsaturated/α-hetero) is 1. The molecule has 3 atom stereocenters. The van der Waals surface area contributed by atoms with E-state index in [0.29, 0.717) is 36.9 Å². The van der Waals surface area contributed by atoms with E-state index in [9.17, 15) is 14.4 Å². The molecule has 0 aromatic rings. The minimum Gasteiger partial charge on any atom is -0.444 e. The van der Waals surface area contributed by atoms with E-state index in [-0.39, 0.29) is 23.9 Å². The van der Waals surface area contributed by atoms with Crippen LogP contribution in [0.3, 0.4) is 0 Å². The van der Waals surface area contributed by atoms with Gasteiger partial charge in [-0.15, -0.1) is 0 Å². The number of amides is 2. The number of piperidine rings is 3. The lowest BCUT2D eigenvalue weighted by molar-refractivity contribution is -0.125. The van der Waals surface area contributed by atoms with Crippen LogP contribution < -0.4 is 0 Å². The average Bonchev–Trinajstić information content (AvgIpc) is 3.51. The Hall–Kier alpha value is -1.83. The first-order chi connectivity index (χ1) is 17.1. The van der Waals surface area contributed by atoms with Gasteiger partial charge in [0.05, 0.1) is 0 Å². The highest BCUT2D eigenvalue weighted by atomic mass is 16.6. The van der Waals surface area contributed by atoms with Gasteiger partial charge in [-0.05, 0) is 91.5 Å². The van der Waals surface area contributed by atoms with Gasteiger partial charge in [0.15, 0.2) is 0 Å². The maximum Gasteiger partial charge on any atom is 0.410 e. The van der Waals surface area contributed by atoms with E-state index in [1.54, 1.807) is 4.90 Å². The van der Waals surface area contributed by atoms with Crippen molar-refractivity contribution in [2.75, 3.05) is 39.3 Å². The summed E-state index contributed by atoms with van der Waals surface area (Å²) in [5.41, 5.74) is -0.190. The van der Waals surface area contributed by atoms with Crippen LogP contribution in [0.25, 0.3) is 0 Å². The minimum atomic E-state index is -0.470. The van der Waals surface area contributed by atoms with Gasteiger partial charge in [-0.3, -0.25) is 9.69 Å². The van der Waals surface area contributed by atoms with Gasteiger partial charge in [0.1, 0.15) is 17.0 Å². The second-order valence-electron chi connectivity index (χ2n) is 13.9. The molecular weight excluding hydrogens is 470 g/mol. The number of nitrogens with zero attached hydrogens (tertiary/aromatic N) is 3. The van der Waals surface area contributed by atoms with Crippen molar-refractivity contribution in [3.63, 3.8) is 0 Å². The Morgan fingerprint density at radius 1 is 0.838 bits per heavy atom. The molecule has 37 heavy (non-hydrogen) atoms. The lowest BCUT2D eigenvalue weighted by atomic mass is 9.87. The summed E-state index contributed by atoms with van der Waals surface area (Å²) >= 11 is 0. The number of rotatable bonds is 1. The van der Waals surface area contributed by atoms with Crippen LogP contribution in [0.15, 0.2) is 0 Å². The molecule has 8 nitrogen and oxygen atoms in total. The fraction of sp³-hybridized carbons (Fsp3) is 0.897. The third-order valence-corrected chi connectivity index (χ3v) is 7.95. The van der Waals surface area contributed by atoms with Gasteiger partial charge < -0.3 is 19.3 Å². The van der Waals surface area contributed by atoms with Crippen molar-refractivity contribution < 1.29 is 23.9 Å². The number of ether oxygens (including phenoxy) is 2. The first-order valence-electron chi connectivity index (χ1n) is 14.3. The van der Waals surface area contributed by atoms with Gasteiger partial charge in [0.25, 0.3) is 0 Å². The van der Waals surface area contributed by atoms with Gasteiger partial charge in [-0.2, -0.15) is 0 Å². The zero-order valence-corrected chi connectivity index (χ0v) is 24.6. The number of carbonyl (C=O) groups excluding carboxylic acids is 3. The van der Waals surface area contributed by atoms with E-state index in [4.69, 9.17) is 9.47 Å². The van der Waals surface area contributed by atoms with Gasteiger partial charge in [-0.25, -0.2) is 9.59 Å². The van der Waals surface area contributed by atoms with Gasteiger partial charge >= 0.3 is 12.2 Å². The third-order valence-electron chi connectivity index (χ3n) is 7.95. The largest absolute Gasteiger partial charge is 0.444 e. The molecule has 4 fully saturated rings. The third kappa shape index (κ3) is 8.86. The molecule has 1 saturated carbocycles. The summed E-state index contributed by atoms with van der Waals surface area (Å²) in [5, 5.41) is 0. The number of likely N-dealkylation sites (tertiary alicyclic amines) is 3. The topological polar surface area (TPSA) is 79.4 Å². The van der Waals surface area contributed by atoms with Crippen LogP contribution in [0, 0.1) is 17.3 Å². The van der Waals surface area contributed by atoms with Crippen LogP contribution in [0.4, 0.5) is 9.59 Å². The maximum atomic E-state index is 12.2. The lowest BCUT2D eigenvalue weighted by Crippen LogP contribution is -2.54. The highest BCUT2D eigenvalue weighted by Crippen LogP contribution is 2.52. The van der Waals surface area contributed by atoms with Gasteiger partial charge in [0.2, 0.25) is 0 Å². The highest BCUT2D eigenvalue weighted by Gasteiger charge is 2.47. The molecule has 4 rings (SSSR count). The smallest absolute Gasteiger partial charge is 0.410 e. The predicted octanol–water partition coefficient (Wildman–Crippen LogP) is 5.34. The fourth-order valence-electron chi connectivity index (χ4n) is 5.79. The second kappa shape index (κ2) is 11.5. The van der Waals surface area contributed by atoms with Crippen LogP contribution in [0.2, 0.25) is 0 Å². The van der Waals surface area contributed by atoms with Crippen molar-refractivity contribution in [3.05, 3.63) is 0 Å². The van der Waals surface area contributed by atoms with E-state index in [1.165, 1.54) is 38.8 Å². The molecule has 0 aromatic heterocycles. The molecular formula is C29H51N3O5. The molecule has 0 N–H and O–H groups in total. The van der Waals surface area contributed by atoms with E-state index in [1.807, 2.05) is 53.4 Å². The van der Waals surface area contributed by atoms with Crippen molar-refractivity contribution in [2.45, 2.75) is 111 Å². The van der Waals surface area contributed by atoms with E-state index < -0.39 is 11.2 Å². The fourth-order valence-corrected chi connectivity index (χ4v) is 5.79. The molecule has 2 unspecified atom stereocenters. The van der Waals surface area contributed by atoms with E-state index >= 15 is 0 Å². The normalized spacial score (nSPS) is 28.3. The number of hydrogen-bond acceptors (Lipinski definition) is 6. The van der Waals surface area contributed by atoms with Crippen LogP contribution >= 0.6 is 0 Å². The van der Waals surface area contributed by atoms with Gasteiger partial charge in [0, 0.05) is 51.1 Å². The zero-order chi connectivity index (χ0) is 27.6. The van der Waals surface area contributed by atoms with E-state index in [2.05, 4.69) is 11.8 Å². The Balaban J connectivity index is 0.000000222. The molecule has 1 aliphatic carbocycles. The van der Waals surface area contributed by atoms with Crippen LogP contribution in [-0.4, -0.2) is 89.2 Å². The standard InChI is InChI=1S/C18H32N2O2.C11H19NO3/c1-14-12-19(16(21)22-17(2,3)4)11-6-15(14)20-10-5-7-18(13-20)8-9-18;1-8-7-12(6-5-9(8)13)10(14)15-11(2,3)4/h14-15H,5-13H2,1-4H3;8H,5-7H2,1-4H3/t;8-/m.1/s1. The second-order valence-corrected chi connectivity index (χ2v) is 13.9. The Bertz CT molecular complexity index is 826. The summed E-state index contributed by atoms with van der Waals surface area (Å²) < 4.78 is 10.8. The van der Waals surface area contributed by atoms with Gasteiger partial charge in [-0.1, -0.05) is 13.8 Å². The summed E-state index contributed by atoms with van der Waals surface area (Å²) in [6, 6.07) is 0.650. The summed E-state index contributed by atoms with van der Waals surface area (Å²) in [4.78, 5) is 41.4. The molecule has 0 aromatic carbocycles. The van der Waals surface area contributed by atoms with Crippen molar-refractivity contribution in [3.8, 4) is 0 Å². The Morgan fingerprint density at radius 2 is 1.41 bits per heavy atom. The molecule has 2 amide bonds. The van der Waals surface area contributed by atoms with Crippen molar-refractivity contribution >= 4 is 18.0 Å². The van der Waals surface area contributed by atoms with Crippen molar-refractivity contribution in [2.24, 2.45) is 17.3 Å². The Morgan fingerprint density at radius 3 is 1.89 bits per heavy atom. The number of hydrogen-bond donors (Lipinski definition) is 0. The summed E-state index contributed by atoms with van der Waals surface area (Å²) in [6.07, 6.45) is 6.75. The number of carbonyl (C=O) groups is 3. The van der Waals surface area contributed by atoms with Crippen molar-refractivity contribution in [1.82, 2.24) is 14.7 Å². The number of ketones is 1. The van der Waals surface area contributed by atoms with Crippen LogP contribution in [0.5, 0.6) is 0 Å². The predicted molar refractivity (Wildman–Crippen MR) is 144 cm³/mol. The molecule has 3 heterocycles.